The Morgan fingerprint density at radius 1 is 1.77 bits per heavy atom. The Bertz CT molecular complexity index is 284. The van der Waals surface area contributed by atoms with Gasteiger partial charge in [0.05, 0.1) is 5.69 Å². The molecule has 4 nitrogen and oxygen atoms in total. The van der Waals surface area contributed by atoms with Crippen molar-refractivity contribution in [2.75, 3.05) is 13.2 Å². The zero-order valence-corrected chi connectivity index (χ0v) is 7.81. The van der Waals surface area contributed by atoms with E-state index in [0.29, 0.717) is 12.5 Å². The molecule has 1 saturated heterocycles. The van der Waals surface area contributed by atoms with E-state index < -0.39 is 0 Å². The van der Waals surface area contributed by atoms with E-state index in [0.717, 1.165) is 18.7 Å². The van der Waals surface area contributed by atoms with Crippen molar-refractivity contribution >= 4 is 0 Å². The van der Waals surface area contributed by atoms with Crippen molar-refractivity contribution in [3.05, 3.63) is 18.0 Å². The van der Waals surface area contributed by atoms with Crippen LogP contribution in [0.4, 0.5) is 0 Å². The monoisotopic (exact) mass is 181 g/mol. The highest BCUT2D eigenvalue weighted by atomic mass is 16.5. The normalized spacial score (nSPS) is 28.2. The second kappa shape index (κ2) is 3.47. The first-order chi connectivity index (χ1) is 6.33. The Hall–Kier alpha value is -0.870. The minimum Gasteiger partial charge on any atom is -0.372 e. The minimum absolute atomic E-state index is 0.150. The van der Waals surface area contributed by atoms with E-state index in [4.69, 9.17) is 10.5 Å². The van der Waals surface area contributed by atoms with Crippen molar-refractivity contribution < 1.29 is 4.74 Å². The molecule has 4 heteroatoms. The fourth-order valence-electron chi connectivity index (χ4n) is 1.87. The molecule has 2 atom stereocenters. The molecule has 2 rings (SSSR count). The van der Waals surface area contributed by atoms with Crippen molar-refractivity contribution in [2.45, 2.75) is 12.5 Å². The van der Waals surface area contributed by atoms with Gasteiger partial charge < -0.3 is 10.5 Å². The summed E-state index contributed by atoms with van der Waals surface area (Å²) in [6, 6.07) is 2.00. The first-order valence-electron chi connectivity index (χ1n) is 4.62. The van der Waals surface area contributed by atoms with Crippen LogP contribution in [0.2, 0.25) is 0 Å². The lowest BCUT2D eigenvalue weighted by Gasteiger charge is -2.16. The molecule has 1 fully saturated rings. The van der Waals surface area contributed by atoms with Crippen LogP contribution in [0.25, 0.3) is 0 Å². The zero-order valence-electron chi connectivity index (χ0n) is 7.81. The molecule has 1 aromatic heterocycles. The Labute approximate surface area is 77.7 Å². The average molecular weight is 181 g/mol. The standard InChI is InChI=1S/C9H15N3O/c1-12-8(2-4-11-12)9-7(6-10)3-5-13-9/h2,4,7,9H,3,5-6,10H2,1H3. The van der Waals surface area contributed by atoms with Gasteiger partial charge in [-0.15, -0.1) is 0 Å². The van der Waals surface area contributed by atoms with Gasteiger partial charge in [-0.05, 0) is 19.0 Å². The molecule has 0 amide bonds. The molecule has 0 aromatic carbocycles. The summed E-state index contributed by atoms with van der Waals surface area (Å²) in [5.41, 5.74) is 6.80. The van der Waals surface area contributed by atoms with Crippen LogP contribution in [-0.4, -0.2) is 22.9 Å². The highest BCUT2D eigenvalue weighted by Gasteiger charge is 2.30. The largest absolute Gasteiger partial charge is 0.372 e. The van der Waals surface area contributed by atoms with Crippen LogP contribution >= 0.6 is 0 Å². The molecule has 2 N–H and O–H groups in total. The van der Waals surface area contributed by atoms with Crippen LogP contribution in [-0.2, 0) is 11.8 Å². The van der Waals surface area contributed by atoms with Crippen LogP contribution in [0, 0.1) is 5.92 Å². The fourth-order valence-corrected chi connectivity index (χ4v) is 1.87. The van der Waals surface area contributed by atoms with Crippen LogP contribution in [0.1, 0.15) is 18.2 Å². The second-order valence-corrected chi connectivity index (χ2v) is 3.46. The van der Waals surface area contributed by atoms with Crippen molar-refractivity contribution in [1.82, 2.24) is 9.78 Å². The van der Waals surface area contributed by atoms with Crippen molar-refractivity contribution in [1.29, 1.82) is 0 Å². The number of rotatable bonds is 2. The fraction of sp³-hybridized carbons (Fsp3) is 0.667. The maximum atomic E-state index is 5.67. The highest BCUT2D eigenvalue weighted by molar-refractivity contribution is 5.07. The number of nitrogens with zero attached hydrogens (tertiary/aromatic N) is 2. The first-order valence-corrected chi connectivity index (χ1v) is 4.62. The predicted octanol–water partition coefficient (Wildman–Crippen LogP) is 0.456. The Kier molecular flexibility index (Phi) is 2.33. The van der Waals surface area contributed by atoms with Crippen molar-refractivity contribution in [3.8, 4) is 0 Å². The number of nitrogens with two attached hydrogens (primary N) is 1. The summed E-state index contributed by atoms with van der Waals surface area (Å²) in [6.07, 6.45) is 3.01. The van der Waals surface area contributed by atoms with E-state index in [1.54, 1.807) is 6.20 Å². The average Bonchev–Trinajstić information content (AvgIpc) is 2.71. The summed E-state index contributed by atoms with van der Waals surface area (Å²) in [5.74, 6) is 0.454. The molecule has 1 aromatic rings. The topological polar surface area (TPSA) is 53.1 Å². The number of aryl methyl sites for hydroxylation is 1. The highest BCUT2D eigenvalue weighted by Crippen LogP contribution is 2.33. The molecule has 0 aliphatic carbocycles. The molecular formula is C9H15N3O. The summed E-state index contributed by atoms with van der Waals surface area (Å²) in [6.45, 7) is 1.51. The molecule has 0 saturated carbocycles. The Balaban J connectivity index is 2.20. The van der Waals surface area contributed by atoms with E-state index in [2.05, 4.69) is 5.10 Å². The van der Waals surface area contributed by atoms with Gasteiger partial charge in [0.1, 0.15) is 6.10 Å². The van der Waals surface area contributed by atoms with Gasteiger partial charge in [-0.1, -0.05) is 0 Å². The summed E-state index contributed by atoms with van der Waals surface area (Å²) in [7, 11) is 1.94. The van der Waals surface area contributed by atoms with Gasteiger partial charge in [-0.25, -0.2) is 0 Å². The molecule has 0 bridgehead atoms. The van der Waals surface area contributed by atoms with Gasteiger partial charge in [0, 0.05) is 25.8 Å². The number of aromatic nitrogens is 2. The maximum Gasteiger partial charge on any atom is 0.103 e. The quantitative estimate of drug-likeness (QED) is 0.721. The maximum absolute atomic E-state index is 5.67. The minimum atomic E-state index is 0.150. The van der Waals surface area contributed by atoms with Gasteiger partial charge in [-0.3, -0.25) is 4.68 Å². The van der Waals surface area contributed by atoms with Crippen LogP contribution in [0.3, 0.4) is 0 Å². The Morgan fingerprint density at radius 3 is 3.23 bits per heavy atom. The molecule has 0 spiro atoms. The summed E-state index contributed by atoms with van der Waals surface area (Å²) >= 11 is 0. The lowest BCUT2D eigenvalue weighted by atomic mass is 9.99. The number of hydrogen-bond acceptors (Lipinski definition) is 3. The van der Waals surface area contributed by atoms with Crippen LogP contribution < -0.4 is 5.73 Å². The van der Waals surface area contributed by atoms with Crippen molar-refractivity contribution in [3.63, 3.8) is 0 Å². The van der Waals surface area contributed by atoms with Gasteiger partial charge in [0.25, 0.3) is 0 Å². The summed E-state index contributed by atoms with van der Waals surface area (Å²) < 4.78 is 7.50. The van der Waals surface area contributed by atoms with Gasteiger partial charge in [0.2, 0.25) is 0 Å². The summed E-state index contributed by atoms with van der Waals surface area (Å²) in [4.78, 5) is 0. The Morgan fingerprint density at radius 2 is 2.62 bits per heavy atom. The molecule has 72 valence electrons. The third kappa shape index (κ3) is 1.47. The van der Waals surface area contributed by atoms with E-state index in [9.17, 15) is 0 Å². The molecule has 13 heavy (non-hydrogen) atoms. The molecule has 1 aliphatic rings. The lowest BCUT2D eigenvalue weighted by Crippen LogP contribution is -2.19. The SMILES string of the molecule is Cn1nccc1C1OCCC1CN. The lowest BCUT2D eigenvalue weighted by molar-refractivity contribution is 0.0858. The zero-order chi connectivity index (χ0) is 9.26. The molecule has 0 radical (unpaired) electrons. The smallest absolute Gasteiger partial charge is 0.103 e. The van der Waals surface area contributed by atoms with Gasteiger partial charge in [0.15, 0.2) is 0 Å². The van der Waals surface area contributed by atoms with E-state index in [1.807, 2.05) is 17.8 Å². The van der Waals surface area contributed by atoms with Crippen molar-refractivity contribution in [2.24, 2.45) is 18.7 Å². The third-order valence-corrected chi connectivity index (χ3v) is 2.67. The first kappa shape index (κ1) is 8.72. The third-order valence-electron chi connectivity index (χ3n) is 2.67. The molecule has 1 aliphatic heterocycles. The second-order valence-electron chi connectivity index (χ2n) is 3.46. The number of hydrogen-bond donors (Lipinski definition) is 1. The van der Waals surface area contributed by atoms with Gasteiger partial charge in [-0.2, -0.15) is 5.10 Å². The van der Waals surface area contributed by atoms with E-state index in [1.165, 1.54) is 0 Å². The van der Waals surface area contributed by atoms with E-state index in [-0.39, 0.29) is 6.10 Å². The van der Waals surface area contributed by atoms with Crippen LogP contribution in [0.5, 0.6) is 0 Å². The molecular weight excluding hydrogens is 166 g/mol. The predicted molar refractivity (Wildman–Crippen MR) is 49.1 cm³/mol. The number of ether oxygens (including phenoxy) is 1. The summed E-state index contributed by atoms with van der Waals surface area (Å²) in [5, 5.41) is 4.13. The molecule has 2 heterocycles. The van der Waals surface area contributed by atoms with Crippen LogP contribution in [0.15, 0.2) is 12.3 Å². The van der Waals surface area contributed by atoms with E-state index >= 15 is 0 Å². The van der Waals surface area contributed by atoms with Gasteiger partial charge >= 0.3 is 0 Å². The molecule has 2 unspecified atom stereocenters.